The van der Waals surface area contributed by atoms with Crippen LogP contribution in [-0.2, 0) is 4.74 Å². The van der Waals surface area contributed by atoms with Gasteiger partial charge >= 0.3 is 5.97 Å². The zero-order chi connectivity index (χ0) is 11.4. The lowest BCUT2D eigenvalue weighted by molar-refractivity contribution is 0.0526. The molecule has 0 aromatic heterocycles. The van der Waals surface area contributed by atoms with Crippen LogP contribution in [-0.4, -0.2) is 18.9 Å². The molecule has 0 N–H and O–H groups in total. The Morgan fingerprint density at radius 2 is 2.27 bits per heavy atom. The third-order valence-electron chi connectivity index (χ3n) is 1.71. The van der Waals surface area contributed by atoms with Crippen molar-refractivity contribution in [3.63, 3.8) is 0 Å². The molecule has 0 fully saturated rings. The number of halogens is 2. The maximum absolute atomic E-state index is 13.0. The van der Waals surface area contributed by atoms with E-state index in [9.17, 15) is 14.0 Å². The van der Waals surface area contributed by atoms with Gasteiger partial charge in [-0.15, -0.1) is 0 Å². The molecular formula is C10H8ClFO3. The van der Waals surface area contributed by atoms with Crippen LogP contribution >= 0.6 is 11.6 Å². The molecule has 0 saturated carbocycles. The van der Waals surface area contributed by atoms with Crippen molar-refractivity contribution in [2.75, 3.05) is 6.61 Å². The molecule has 5 heteroatoms. The van der Waals surface area contributed by atoms with E-state index in [1.54, 1.807) is 6.92 Å². The normalized spacial score (nSPS) is 9.80. The molecule has 1 rings (SSSR count). The molecule has 0 bridgehead atoms. The fraction of sp³-hybridized carbons (Fsp3) is 0.200. The lowest BCUT2D eigenvalue weighted by Gasteiger charge is -2.05. The zero-order valence-electron chi connectivity index (χ0n) is 7.92. The molecule has 3 nitrogen and oxygen atoms in total. The van der Waals surface area contributed by atoms with Crippen LogP contribution in [0.2, 0.25) is 5.02 Å². The SMILES string of the molecule is CCOC(=O)c1cc(C=O)c(F)cc1Cl. The summed E-state index contributed by atoms with van der Waals surface area (Å²) in [4.78, 5) is 21.7. The summed E-state index contributed by atoms with van der Waals surface area (Å²) in [5, 5.41) is -0.0726. The molecule has 1 aromatic carbocycles. The van der Waals surface area contributed by atoms with Crippen LogP contribution < -0.4 is 0 Å². The average molecular weight is 231 g/mol. The van der Waals surface area contributed by atoms with Gasteiger partial charge in [0.15, 0.2) is 6.29 Å². The summed E-state index contributed by atoms with van der Waals surface area (Å²) in [5.41, 5.74) is -0.232. The Hall–Kier alpha value is -1.42. The number of rotatable bonds is 3. The van der Waals surface area contributed by atoms with Crippen molar-refractivity contribution < 1.29 is 18.7 Å². The van der Waals surface area contributed by atoms with Crippen molar-refractivity contribution in [1.29, 1.82) is 0 Å². The minimum absolute atomic E-state index is 0.0120. The highest BCUT2D eigenvalue weighted by Crippen LogP contribution is 2.20. The number of ether oxygens (including phenoxy) is 1. The van der Waals surface area contributed by atoms with E-state index in [-0.39, 0.29) is 22.8 Å². The molecule has 0 aliphatic rings. The van der Waals surface area contributed by atoms with Gasteiger partial charge in [-0.1, -0.05) is 11.6 Å². The van der Waals surface area contributed by atoms with Gasteiger partial charge in [0.2, 0.25) is 0 Å². The van der Waals surface area contributed by atoms with Crippen LogP contribution in [0.3, 0.4) is 0 Å². The van der Waals surface area contributed by atoms with Gasteiger partial charge in [-0.25, -0.2) is 9.18 Å². The number of hydrogen-bond acceptors (Lipinski definition) is 3. The van der Waals surface area contributed by atoms with Crippen molar-refractivity contribution in [3.8, 4) is 0 Å². The first-order valence-electron chi connectivity index (χ1n) is 4.21. The quantitative estimate of drug-likeness (QED) is 0.592. The Morgan fingerprint density at radius 3 is 2.80 bits per heavy atom. The Labute approximate surface area is 90.8 Å². The van der Waals surface area contributed by atoms with Crippen LogP contribution in [0.5, 0.6) is 0 Å². The molecule has 0 saturated heterocycles. The summed E-state index contributed by atoms with van der Waals surface area (Å²) in [6, 6.07) is 1.99. The Kier molecular flexibility index (Phi) is 3.80. The Bertz CT molecular complexity index is 404. The molecule has 0 aliphatic carbocycles. The first-order chi connectivity index (χ1) is 7.10. The molecule has 1 aromatic rings. The topological polar surface area (TPSA) is 43.4 Å². The number of carbonyl (C=O) groups excluding carboxylic acids is 2. The van der Waals surface area contributed by atoms with Gasteiger partial charge < -0.3 is 4.74 Å². The highest BCUT2D eigenvalue weighted by molar-refractivity contribution is 6.33. The van der Waals surface area contributed by atoms with Crippen molar-refractivity contribution in [2.45, 2.75) is 6.92 Å². The summed E-state index contributed by atoms with van der Waals surface area (Å²) in [7, 11) is 0. The van der Waals surface area contributed by atoms with E-state index in [0.717, 1.165) is 12.1 Å². The average Bonchev–Trinajstić information content (AvgIpc) is 2.18. The Balaban J connectivity index is 3.18. The van der Waals surface area contributed by atoms with Crippen LogP contribution in [0.1, 0.15) is 27.6 Å². The summed E-state index contributed by atoms with van der Waals surface area (Å²) < 4.78 is 17.7. The summed E-state index contributed by atoms with van der Waals surface area (Å²) in [6.45, 7) is 1.82. The summed E-state index contributed by atoms with van der Waals surface area (Å²) >= 11 is 5.63. The van der Waals surface area contributed by atoms with Gasteiger partial charge in [-0.05, 0) is 19.1 Å². The van der Waals surface area contributed by atoms with Crippen molar-refractivity contribution in [1.82, 2.24) is 0 Å². The van der Waals surface area contributed by atoms with E-state index in [2.05, 4.69) is 4.74 Å². The lowest BCUT2D eigenvalue weighted by Crippen LogP contribution is -2.07. The van der Waals surface area contributed by atoms with Gasteiger partial charge in [0.1, 0.15) is 5.82 Å². The van der Waals surface area contributed by atoms with Crippen LogP contribution in [0.25, 0.3) is 0 Å². The fourth-order valence-corrected chi connectivity index (χ4v) is 1.25. The van der Waals surface area contributed by atoms with E-state index in [0.29, 0.717) is 6.29 Å². The van der Waals surface area contributed by atoms with Crippen LogP contribution in [0.4, 0.5) is 4.39 Å². The predicted molar refractivity (Wildman–Crippen MR) is 52.8 cm³/mol. The van der Waals surface area contributed by atoms with Gasteiger partial charge in [0.05, 0.1) is 22.8 Å². The molecule has 0 atom stereocenters. The first-order valence-corrected chi connectivity index (χ1v) is 4.59. The van der Waals surface area contributed by atoms with Crippen LogP contribution in [0.15, 0.2) is 12.1 Å². The van der Waals surface area contributed by atoms with Gasteiger partial charge in [-0.3, -0.25) is 4.79 Å². The van der Waals surface area contributed by atoms with Gasteiger partial charge in [-0.2, -0.15) is 0 Å². The number of benzene rings is 1. The second kappa shape index (κ2) is 4.89. The third kappa shape index (κ3) is 2.53. The second-order valence-corrected chi connectivity index (χ2v) is 3.10. The highest BCUT2D eigenvalue weighted by atomic mass is 35.5. The number of esters is 1. The molecule has 0 heterocycles. The largest absolute Gasteiger partial charge is 0.462 e. The van der Waals surface area contributed by atoms with Crippen molar-refractivity contribution in [3.05, 3.63) is 34.1 Å². The molecule has 0 radical (unpaired) electrons. The van der Waals surface area contributed by atoms with Gasteiger partial charge in [0, 0.05) is 0 Å². The molecule has 0 spiro atoms. The molecule has 0 aliphatic heterocycles. The van der Waals surface area contributed by atoms with E-state index in [4.69, 9.17) is 11.6 Å². The highest BCUT2D eigenvalue weighted by Gasteiger charge is 2.15. The molecule has 0 unspecified atom stereocenters. The van der Waals surface area contributed by atoms with E-state index >= 15 is 0 Å². The fourth-order valence-electron chi connectivity index (χ4n) is 1.02. The monoisotopic (exact) mass is 230 g/mol. The minimum atomic E-state index is -0.761. The third-order valence-corrected chi connectivity index (χ3v) is 2.02. The zero-order valence-corrected chi connectivity index (χ0v) is 8.68. The number of aldehydes is 1. The number of carbonyl (C=O) groups is 2. The van der Waals surface area contributed by atoms with Crippen molar-refractivity contribution >= 4 is 23.9 Å². The first kappa shape index (κ1) is 11.7. The maximum atomic E-state index is 13.0. The molecule has 15 heavy (non-hydrogen) atoms. The standard InChI is InChI=1S/C10H8ClFO3/c1-2-15-10(14)7-3-6(5-13)9(12)4-8(7)11/h3-5H,2H2,1H3. The maximum Gasteiger partial charge on any atom is 0.339 e. The smallest absolute Gasteiger partial charge is 0.339 e. The van der Waals surface area contributed by atoms with Crippen LogP contribution in [0, 0.1) is 5.82 Å². The predicted octanol–water partition coefficient (Wildman–Crippen LogP) is 2.47. The molecule has 80 valence electrons. The Morgan fingerprint density at radius 1 is 1.60 bits per heavy atom. The summed E-state index contributed by atoms with van der Waals surface area (Å²) in [6.07, 6.45) is 0.314. The molecular weight excluding hydrogens is 223 g/mol. The molecule has 0 amide bonds. The summed E-state index contributed by atoms with van der Waals surface area (Å²) in [5.74, 6) is -1.44. The second-order valence-electron chi connectivity index (χ2n) is 2.69. The lowest BCUT2D eigenvalue weighted by atomic mass is 10.1. The van der Waals surface area contributed by atoms with E-state index in [1.165, 1.54) is 0 Å². The number of hydrogen-bond donors (Lipinski definition) is 0. The van der Waals surface area contributed by atoms with Crippen molar-refractivity contribution in [2.24, 2.45) is 0 Å². The van der Waals surface area contributed by atoms with Gasteiger partial charge in [0.25, 0.3) is 0 Å². The minimum Gasteiger partial charge on any atom is -0.462 e. The van der Waals surface area contributed by atoms with E-state index < -0.39 is 11.8 Å². The van der Waals surface area contributed by atoms with E-state index in [1.807, 2.05) is 0 Å².